The van der Waals surface area contributed by atoms with Crippen LogP contribution in [-0.4, -0.2) is 35.1 Å². The third kappa shape index (κ3) is 2.08. The molecule has 4 nitrogen and oxygen atoms in total. The van der Waals surface area contributed by atoms with Crippen LogP contribution in [0.25, 0.3) is 0 Å². The molecule has 2 aliphatic heterocycles. The zero-order valence-corrected chi connectivity index (χ0v) is 11.6. The fourth-order valence-corrected chi connectivity index (χ4v) is 3.53. The lowest BCUT2D eigenvalue weighted by Gasteiger charge is -2.38. The SMILES string of the molecule is CNC1CC2CCC(C1)N2Cc1nc(C)c(C)o1. The topological polar surface area (TPSA) is 41.3 Å². The van der Waals surface area contributed by atoms with Gasteiger partial charge < -0.3 is 9.73 Å². The third-order valence-corrected chi connectivity index (χ3v) is 4.68. The van der Waals surface area contributed by atoms with Crippen LogP contribution in [0.3, 0.4) is 0 Å². The van der Waals surface area contributed by atoms with E-state index in [9.17, 15) is 0 Å². The normalized spacial score (nSPS) is 32.1. The molecule has 0 amide bonds. The number of rotatable bonds is 3. The number of hydrogen-bond acceptors (Lipinski definition) is 4. The van der Waals surface area contributed by atoms with Crippen LogP contribution in [0.2, 0.25) is 0 Å². The first-order valence-electron chi connectivity index (χ1n) is 7.03. The smallest absolute Gasteiger partial charge is 0.208 e. The highest BCUT2D eigenvalue weighted by Crippen LogP contribution is 2.36. The molecule has 2 fully saturated rings. The number of piperidine rings is 1. The van der Waals surface area contributed by atoms with Crippen molar-refractivity contribution in [3.8, 4) is 0 Å². The van der Waals surface area contributed by atoms with Gasteiger partial charge in [0, 0.05) is 18.1 Å². The number of aryl methyl sites for hydroxylation is 2. The van der Waals surface area contributed by atoms with Crippen molar-refractivity contribution < 1.29 is 4.42 Å². The zero-order valence-electron chi connectivity index (χ0n) is 11.6. The predicted molar refractivity (Wildman–Crippen MR) is 70.4 cm³/mol. The summed E-state index contributed by atoms with van der Waals surface area (Å²) in [6.45, 7) is 4.90. The average Bonchev–Trinajstić information content (AvgIpc) is 2.77. The van der Waals surface area contributed by atoms with Crippen molar-refractivity contribution in [1.29, 1.82) is 0 Å². The number of nitrogens with zero attached hydrogens (tertiary/aromatic N) is 2. The molecule has 2 atom stereocenters. The van der Waals surface area contributed by atoms with Gasteiger partial charge in [-0.2, -0.15) is 0 Å². The van der Waals surface area contributed by atoms with Gasteiger partial charge in [0.2, 0.25) is 5.89 Å². The number of aromatic nitrogens is 1. The summed E-state index contributed by atoms with van der Waals surface area (Å²) in [5.74, 6) is 1.85. The van der Waals surface area contributed by atoms with E-state index in [0.29, 0.717) is 18.1 Å². The highest BCUT2D eigenvalue weighted by molar-refractivity contribution is 5.06. The minimum Gasteiger partial charge on any atom is -0.444 e. The summed E-state index contributed by atoms with van der Waals surface area (Å²) in [6, 6.07) is 2.13. The van der Waals surface area contributed by atoms with Gasteiger partial charge in [-0.25, -0.2) is 4.98 Å². The van der Waals surface area contributed by atoms with Crippen molar-refractivity contribution in [2.45, 2.75) is 64.2 Å². The van der Waals surface area contributed by atoms with E-state index in [4.69, 9.17) is 4.42 Å². The molecule has 3 rings (SSSR count). The van der Waals surface area contributed by atoms with Gasteiger partial charge in [0.25, 0.3) is 0 Å². The van der Waals surface area contributed by atoms with Gasteiger partial charge in [0.1, 0.15) is 5.76 Å². The molecular weight excluding hydrogens is 226 g/mol. The van der Waals surface area contributed by atoms with Gasteiger partial charge in [-0.05, 0) is 46.6 Å². The monoisotopic (exact) mass is 249 g/mol. The van der Waals surface area contributed by atoms with Crippen LogP contribution < -0.4 is 5.32 Å². The summed E-state index contributed by atoms with van der Waals surface area (Å²) in [6.07, 6.45) is 5.21. The van der Waals surface area contributed by atoms with Crippen molar-refractivity contribution in [2.24, 2.45) is 0 Å². The van der Waals surface area contributed by atoms with E-state index in [1.807, 2.05) is 13.8 Å². The third-order valence-electron chi connectivity index (χ3n) is 4.68. The number of oxazole rings is 1. The largest absolute Gasteiger partial charge is 0.444 e. The van der Waals surface area contributed by atoms with E-state index in [0.717, 1.165) is 23.9 Å². The van der Waals surface area contributed by atoms with Crippen molar-refractivity contribution >= 4 is 0 Å². The summed E-state index contributed by atoms with van der Waals surface area (Å²) < 4.78 is 5.73. The zero-order chi connectivity index (χ0) is 12.7. The maximum Gasteiger partial charge on any atom is 0.208 e. The predicted octanol–water partition coefficient (Wildman–Crippen LogP) is 2.01. The first-order chi connectivity index (χ1) is 8.67. The van der Waals surface area contributed by atoms with Crippen LogP contribution >= 0.6 is 0 Å². The Kier molecular flexibility index (Phi) is 3.16. The standard InChI is InChI=1S/C14H23N3O/c1-9-10(2)18-14(16-9)8-17-12-4-5-13(17)7-11(6-12)15-3/h11-13,15H,4-8H2,1-3H3. The lowest BCUT2D eigenvalue weighted by molar-refractivity contribution is 0.101. The summed E-state index contributed by atoms with van der Waals surface area (Å²) in [5.41, 5.74) is 1.03. The van der Waals surface area contributed by atoms with Gasteiger partial charge in [0.05, 0.1) is 12.2 Å². The highest BCUT2D eigenvalue weighted by Gasteiger charge is 2.40. The van der Waals surface area contributed by atoms with Crippen LogP contribution in [0, 0.1) is 13.8 Å². The van der Waals surface area contributed by atoms with Gasteiger partial charge in [-0.3, -0.25) is 4.90 Å². The molecule has 18 heavy (non-hydrogen) atoms. The Morgan fingerprint density at radius 3 is 2.44 bits per heavy atom. The molecule has 1 aromatic rings. The molecule has 2 saturated heterocycles. The Labute approximate surface area is 109 Å². The van der Waals surface area contributed by atoms with E-state index < -0.39 is 0 Å². The van der Waals surface area contributed by atoms with Crippen molar-refractivity contribution in [3.63, 3.8) is 0 Å². The lowest BCUT2D eigenvalue weighted by Crippen LogP contribution is -2.47. The molecule has 4 heteroatoms. The van der Waals surface area contributed by atoms with Crippen molar-refractivity contribution in [1.82, 2.24) is 15.2 Å². The molecule has 0 aromatic carbocycles. The molecule has 2 aliphatic rings. The summed E-state index contributed by atoms with van der Waals surface area (Å²) in [7, 11) is 2.08. The van der Waals surface area contributed by atoms with Gasteiger partial charge >= 0.3 is 0 Å². The second kappa shape index (κ2) is 4.67. The molecule has 0 aliphatic carbocycles. The maximum atomic E-state index is 5.73. The van der Waals surface area contributed by atoms with Crippen molar-refractivity contribution in [2.75, 3.05) is 7.05 Å². The minimum atomic E-state index is 0.701. The van der Waals surface area contributed by atoms with Gasteiger partial charge in [-0.15, -0.1) is 0 Å². The average molecular weight is 249 g/mol. The molecule has 2 unspecified atom stereocenters. The van der Waals surface area contributed by atoms with E-state index >= 15 is 0 Å². The fourth-order valence-electron chi connectivity index (χ4n) is 3.53. The van der Waals surface area contributed by atoms with Gasteiger partial charge in [-0.1, -0.05) is 0 Å². The second-order valence-corrected chi connectivity index (χ2v) is 5.76. The van der Waals surface area contributed by atoms with Crippen molar-refractivity contribution in [3.05, 3.63) is 17.3 Å². The Balaban J connectivity index is 1.71. The minimum absolute atomic E-state index is 0.701. The van der Waals surface area contributed by atoms with E-state index in [2.05, 4.69) is 22.2 Å². The Bertz CT molecular complexity index is 395. The fraction of sp³-hybridized carbons (Fsp3) is 0.786. The molecule has 0 spiro atoms. The first-order valence-corrected chi connectivity index (χ1v) is 7.03. The molecule has 2 bridgehead atoms. The second-order valence-electron chi connectivity index (χ2n) is 5.76. The number of nitrogens with one attached hydrogen (secondary N) is 1. The summed E-state index contributed by atoms with van der Waals surface area (Å²) in [5, 5.41) is 3.44. The van der Waals surface area contributed by atoms with Crippen LogP contribution in [0.4, 0.5) is 0 Å². The quantitative estimate of drug-likeness (QED) is 0.889. The van der Waals surface area contributed by atoms with Crippen LogP contribution in [-0.2, 0) is 6.54 Å². The molecule has 1 aromatic heterocycles. The summed E-state index contributed by atoms with van der Waals surface area (Å²) >= 11 is 0. The Morgan fingerprint density at radius 1 is 1.28 bits per heavy atom. The Hall–Kier alpha value is -0.870. The van der Waals surface area contributed by atoms with Crippen LogP contribution in [0.1, 0.15) is 43.0 Å². The maximum absolute atomic E-state index is 5.73. The molecule has 100 valence electrons. The number of hydrogen-bond donors (Lipinski definition) is 1. The molecule has 0 saturated carbocycles. The van der Waals surface area contributed by atoms with Crippen LogP contribution in [0.5, 0.6) is 0 Å². The molecule has 1 N–H and O–H groups in total. The Morgan fingerprint density at radius 2 is 1.94 bits per heavy atom. The molecular formula is C14H23N3O. The first kappa shape index (κ1) is 12.2. The van der Waals surface area contributed by atoms with E-state index in [-0.39, 0.29) is 0 Å². The van der Waals surface area contributed by atoms with E-state index in [1.54, 1.807) is 0 Å². The number of fused-ring (bicyclic) bond motifs is 2. The lowest BCUT2D eigenvalue weighted by atomic mass is 9.97. The van der Waals surface area contributed by atoms with E-state index in [1.165, 1.54) is 25.7 Å². The van der Waals surface area contributed by atoms with Gasteiger partial charge in [0.15, 0.2) is 0 Å². The highest BCUT2D eigenvalue weighted by atomic mass is 16.4. The summed E-state index contributed by atoms with van der Waals surface area (Å²) in [4.78, 5) is 7.13. The van der Waals surface area contributed by atoms with Crippen LogP contribution in [0.15, 0.2) is 4.42 Å². The molecule has 0 radical (unpaired) electrons. The molecule has 3 heterocycles.